The van der Waals surface area contributed by atoms with E-state index < -0.39 is 15.8 Å². The van der Waals surface area contributed by atoms with Crippen LogP contribution in [0.15, 0.2) is 143 Å². The smallest absolute Gasteiger partial charge is 0.464 e. The molecular weight excluding hydrogens is 558 g/mol. The number of furan rings is 2. The molecule has 0 amide bonds. The van der Waals surface area contributed by atoms with Gasteiger partial charge < -0.3 is 8.83 Å². The van der Waals surface area contributed by atoms with Crippen molar-refractivity contribution >= 4 is 42.8 Å². The Kier molecular flexibility index (Phi) is 10.4. The molecule has 2 aromatic heterocycles. The molecule has 39 heavy (non-hydrogen) atoms. The molecular formula is C34H32FeO2P2. The normalized spacial score (nSPS) is 11.6. The van der Waals surface area contributed by atoms with Crippen molar-refractivity contribution in [1.82, 2.24) is 0 Å². The number of hydrogen-bond donors (Lipinski definition) is 0. The Balaban J connectivity index is 0.000000530. The predicted octanol–water partition coefficient (Wildman–Crippen LogP) is 7.56. The summed E-state index contributed by atoms with van der Waals surface area (Å²) in [6.07, 6.45) is 3.51. The zero-order chi connectivity index (χ0) is 26.3. The number of benzene rings is 2. The molecule has 0 spiro atoms. The second-order valence-corrected chi connectivity index (χ2v) is 13.7. The van der Waals surface area contributed by atoms with E-state index in [0.717, 1.165) is 11.0 Å². The molecule has 0 bridgehead atoms. The first-order chi connectivity index (χ1) is 18.6. The largest absolute Gasteiger partial charge is 2.00 e. The van der Waals surface area contributed by atoms with Gasteiger partial charge in [-0.3, -0.25) is 0 Å². The third kappa shape index (κ3) is 6.63. The van der Waals surface area contributed by atoms with E-state index >= 15 is 0 Å². The maximum Gasteiger partial charge on any atom is 2.00 e. The molecule has 0 saturated heterocycles. The van der Waals surface area contributed by atoms with Gasteiger partial charge >= 0.3 is 17.1 Å². The molecule has 2 nitrogen and oxygen atoms in total. The van der Waals surface area contributed by atoms with Gasteiger partial charge in [0, 0.05) is 7.92 Å². The zero-order valence-electron chi connectivity index (χ0n) is 22.3. The van der Waals surface area contributed by atoms with Gasteiger partial charge in [0.05, 0.1) is 12.5 Å². The fraction of sp³-hybridized carbons (Fsp3) is 0.118. The second-order valence-electron chi connectivity index (χ2n) is 9.19. The summed E-state index contributed by atoms with van der Waals surface area (Å²) < 4.78 is 11.8. The van der Waals surface area contributed by atoms with Crippen LogP contribution in [0.2, 0.25) is 0 Å². The Labute approximate surface area is 244 Å². The molecule has 0 saturated carbocycles. The SMILES string of the molecule is Cc1ccccc1P(c1ccccc1C)[C@@H](C)[c-]1cccc1P(c1ccco1)c1ccco1.[Fe+2].c1cc[cH-]c1. The Morgan fingerprint density at radius 2 is 1.21 bits per heavy atom. The van der Waals surface area contributed by atoms with E-state index in [0.29, 0.717) is 5.66 Å². The molecule has 1 atom stereocenters. The fourth-order valence-corrected chi connectivity index (χ4v) is 10.2. The van der Waals surface area contributed by atoms with Gasteiger partial charge in [0.2, 0.25) is 0 Å². The Hall–Kier alpha value is -2.92. The third-order valence-electron chi connectivity index (χ3n) is 6.66. The first kappa shape index (κ1) is 29.1. The predicted molar refractivity (Wildman–Crippen MR) is 164 cm³/mol. The Morgan fingerprint density at radius 1 is 0.667 bits per heavy atom. The summed E-state index contributed by atoms with van der Waals surface area (Å²) in [5.74, 6) is 0. The van der Waals surface area contributed by atoms with E-state index in [-0.39, 0.29) is 17.1 Å². The van der Waals surface area contributed by atoms with E-state index in [9.17, 15) is 0 Å². The number of aryl methyl sites for hydroxylation is 2. The van der Waals surface area contributed by atoms with Gasteiger partial charge in [-0.05, 0) is 73.4 Å². The minimum Gasteiger partial charge on any atom is -0.464 e. The third-order valence-corrected chi connectivity index (χ3v) is 12.0. The van der Waals surface area contributed by atoms with Crippen LogP contribution >= 0.6 is 15.8 Å². The first-order valence-electron chi connectivity index (χ1n) is 12.8. The molecule has 0 aliphatic carbocycles. The maximum atomic E-state index is 5.92. The molecule has 0 unspecified atom stereocenters. The molecule has 0 fully saturated rings. The molecule has 5 heteroatoms. The van der Waals surface area contributed by atoms with E-state index in [1.165, 1.54) is 32.6 Å². The van der Waals surface area contributed by atoms with Crippen LogP contribution in [0.4, 0.5) is 0 Å². The van der Waals surface area contributed by atoms with Crippen molar-refractivity contribution in [2.45, 2.75) is 26.4 Å². The van der Waals surface area contributed by atoms with Gasteiger partial charge in [-0.25, -0.2) is 24.3 Å². The van der Waals surface area contributed by atoms with Crippen LogP contribution in [0.1, 0.15) is 29.3 Å². The van der Waals surface area contributed by atoms with Crippen molar-refractivity contribution in [2.24, 2.45) is 0 Å². The van der Waals surface area contributed by atoms with Gasteiger partial charge in [0.25, 0.3) is 0 Å². The number of hydrogen-bond acceptors (Lipinski definition) is 2. The molecule has 0 radical (unpaired) electrons. The van der Waals surface area contributed by atoms with Crippen LogP contribution in [0, 0.1) is 13.8 Å². The van der Waals surface area contributed by atoms with Crippen molar-refractivity contribution in [3.63, 3.8) is 0 Å². The van der Waals surface area contributed by atoms with Crippen LogP contribution in [-0.4, -0.2) is 0 Å². The summed E-state index contributed by atoms with van der Waals surface area (Å²) in [6.45, 7) is 6.86. The monoisotopic (exact) mass is 590 g/mol. The Bertz CT molecular complexity index is 1420. The molecule has 198 valence electrons. The summed E-state index contributed by atoms with van der Waals surface area (Å²) in [4.78, 5) is 0. The van der Waals surface area contributed by atoms with Gasteiger partial charge in [-0.2, -0.15) is 24.3 Å². The van der Waals surface area contributed by atoms with Crippen molar-refractivity contribution in [3.8, 4) is 0 Å². The fourth-order valence-electron chi connectivity index (χ4n) is 4.80. The van der Waals surface area contributed by atoms with E-state index in [1.807, 2.05) is 42.5 Å². The van der Waals surface area contributed by atoms with Crippen LogP contribution in [0.25, 0.3) is 0 Å². The van der Waals surface area contributed by atoms with Crippen LogP contribution in [0.3, 0.4) is 0 Å². The van der Waals surface area contributed by atoms with E-state index in [4.69, 9.17) is 8.83 Å². The van der Waals surface area contributed by atoms with Crippen molar-refractivity contribution in [3.05, 3.63) is 151 Å². The minimum absolute atomic E-state index is 0. The molecule has 4 aromatic carbocycles. The first-order valence-corrected chi connectivity index (χ1v) is 15.6. The average molecular weight is 590 g/mol. The zero-order valence-corrected chi connectivity index (χ0v) is 25.2. The Morgan fingerprint density at radius 3 is 1.64 bits per heavy atom. The van der Waals surface area contributed by atoms with E-state index in [2.05, 4.69) is 99.6 Å². The van der Waals surface area contributed by atoms with Gasteiger partial charge in [0.15, 0.2) is 0 Å². The molecule has 0 aliphatic heterocycles. The molecule has 0 aliphatic rings. The average Bonchev–Trinajstić information content (AvgIpc) is 3.77. The standard InChI is InChI=1S/C29H27O2P2.C5H5.Fe/c1-21-11-4-6-14-25(21)32(26-15-7-5-12-22(26)2)23(3)24-13-8-16-27(24)33(28-17-9-19-30-28)29-18-10-20-31-29;1-2-4-5-3-1;/h4-20,23H,1-3H3;1-5H;/q2*-1;+2/t23-;;/m0../s1. The summed E-state index contributed by atoms with van der Waals surface area (Å²) >= 11 is 0. The molecule has 6 aromatic rings. The van der Waals surface area contributed by atoms with Gasteiger partial charge in [-0.15, -0.1) is 10.9 Å². The van der Waals surface area contributed by atoms with Crippen LogP contribution in [0.5, 0.6) is 0 Å². The van der Waals surface area contributed by atoms with Crippen molar-refractivity contribution < 1.29 is 25.9 Å². The number of rotatable bonds is 7. The minimum atomic E-state index is -0.889. The van der Waals surface area contributed by atoms with Gasteiger partial charge in [0.1, 0.15) is 11.0 Å². The van der Waals surface area contributed by atoms with Gasteiger partial charge in [-0.1, -0.05) is 55.5 Å². The quantitative estimate of drug-likeness (QED) is 0.109. The maximum absolute atomic E-state index is 5.92. The van der Waals surface area contributed by atoms with Crippen molar-refractivity contribution in [1.29, 1.82) is 0 Å². The van der Waals surface area contributed by atoms with Crippen molar-refractivity contribution in [2.75, 3.05) is 0 Å². The summed E-state index contributed by atoms with van der Waals surface area (Å²) in [5, 5.41) is 4.21. The summed E-state index contributed by atoms with van der Waals surface area (Å²) in [6, 6.07) is 42.5. The summed E-state index contributed by atoms with van der Waals surface area (Å²) in [7, 11) is -1.50. The topological polar surface area (TPSA) is 26.3 Å². The molecule has 2 heterocycles. The van der Waals surface area contributed by atoms with Crippen LogP contribution < -0.4 is 26.9 Å². The second kappa shape index (κ2) is 13.9. The van der Waals surface area contributed by atoms with Crippen LogP contribution in [-0.2, 0) is 17.1 Å². The molecule has 0 N–H and O–H groups in total. The summed E-state index contributed by atoms with van der Waals surface area (Å²) in [5.41, 5.74) is 6.36. The molecule has 6 rings (SSSR count). The van der Waals surface area contributed by atoms with E-state index in [1.54, 1.807) is 12.5 Å².